The fourth-order valence-corrected chi connectivity index (χ4v) is 1.99. The van der Waals surface area contributed by atoms with E-state index in [0.717, 1.165) is 17.4 Å². The van der Waals surface area contributed by atoms with Gasteiger partial charge >= 0.3 is 0 Å². The molecule has 1 unspecified atom stereocenters. The van der Waals surface area contributed by atoms with Crippen LogP contribution in [0.25, 0.3) is 0 Å². The van der Waals surface area contributed by atoms with Crippen molar-refractivity contribution in [3.8, 4) is 0 Å². The number of aliphatic hydroxyl groups is 1. The Labute approximate surface area is 106 Å². The summed E-state index contributed by atoms with van der Waals surface area (Å²) < 4.78 is 0. The summed E-state index contributed by atoms with van der Waals surface area (Å²) in [5, 5.41) is 17.0. The number of benzene rings is 1. The lowest BCUT2D eigenvalue weighted by atomic mass is 10.3. The minimum Gasteiger partial charge on any atom is -0.481 e. The number of rotatable bonds is 4. The van der Waals surface area contributed by atoms with Gasteiger partial charge in [-0.25, -0.2) is 0 Å². The van der Waals surface area contributed by atoms with Crippen LogP contribution in [-0.2, 0) is 4.79 Å². The maximum Gasteiger partial charge on any atom is 0.300 e. The topological polar surface area (TPSA) is 57.5 Å². The van der Waals surface area contributed by atoms with Crippen molar-refractivity contribution in [2.24, 2.45) is 0 Å². The van der Waals surface area contributed by atoms with Crippen molar-refractivity contribution in [2.75, 3.05) is 0 Å². The molecule has 0 saturated carbocycles. The van der Waals surface area contributed by atoms with Crippen LogP contribution in [0.5, 0.6) is 0 Å². The van der Waals surface area contributed by atoms with Gasteiger partial charge in [-0.15, -0.1) is 6.58 Å². The first-order valence-corrected chi connectivity index (χ1v) is 6.03. The molecule has 94 valence electrons. The van der Waals surface area contributed by atoms with Gasteiger partial charge in [-0.05, 0) is 19.1 Å². The number of carbonyl (C=O) groups is 1. The third kappa shape index (κ3) is 11.0. The number of thioether (sulfide) groups is 1. The van der Waals surface area contributed by atoms with Crippen molar-refractivity contribution in [1.82, 2.24) is 0 Å². The van der Waals surface area contributed by atoms with Gasteiger partial charge in [0.25, 0.3) is 5.97 Å². The van der Waals surface area contributed by atoms with Crippen LogP contribution in [0, 0.1) is 0 Å². The molecule has 0 aromatic heterocycles. The lowest BCUT2D eigenvalue weighted by Gasteiger charge is -2.09. The zero-order valence-electron chi connectivity index (χ0n) is 10.1. The second-order valence-corrected chi connectivity index (χ2v) is 4.82. The number of hydrogen-bond acceptors (Lipinski definition) is 3. The summed E-state index contributed by atoms with van der Waals surface area (Å²) in [7, 11) is 0. The van der Waals surface area contributed by atoms with Gasteiger partial charge in [0.2, 0.25) is 0 Å². The Balaban J connectivity index is 0.000000557. The first-order chi connectivity index (χ1) is 7.91. The monoisotopic (exact) mass is 254 g/mol. The maximum atomic E-state index is 9.58. The van der Waals surface area contributed by atoms with Crippen molar-refractivity contribution in [1.29, 1.82) is 0 Å². The van der Waals surface area contributed by atoms with Crippen molar-refractivity contribution in [3.63, 3.8) is 0 Å². The molecule has 0 bridgehead atoms. The quantitative estimate of drug-likeness (QED) is 0.492. The third-order valence-electron chi connectivity index (χ3n) is 1.54. The number of carboxylic acids is 1. The van der Waals surface area contributed by atoms with Crippen LogP contribution < -0.4 is 0 Å². The Hall–Kier alpha value is -1.26. The van der Waals surface area contributed by atoms with Gasteiger partial charge < -0.3 is 10.2 Å². The van der Waals surface area contributed by atoms with E-state index in [1.54, 1.807) is 0 Å². The highest BCUT2D eigenvalue weighted by Crippen LogP contribution is 2.24. The van der Waals surface area contributed by atoms with Gasteiger partial charge in [0.1, 0.15) is 5.44 Å². The Bertz CT molecular complexity index is 345. The molecule has 1 rings (SSSR count). The van der Waals surface area contributed by atoms with E-state index in [1.165, 1.54) is 11.8 Å². The highest BCUT2D eigenvalue weighted by atomic mass is 32.2. The molecule has 0 spiro atoms. The molecule has 0 aliphatic rings. The molecular weight excluding hydrogens is 236 g/mol. The Morgan fingerprint density at radius 2 is 1.82 bits per heavy atom. The molecule has 1 aromatic carbocycles. The predicted octanol–water partition coefficient (Wildman–Crippen LogP) is 3.15. The van der Waals surface area contributed by atoms with Crippen molar-refractivity contribution >= 4 is 17.7 Å². The fraction of sp³-hybridized carbons (Fsp3) is 0.308. The minimum absolute atomic E-state index is 0.375. The summed E-state index contributed by atoms with van der Waals surface area (Å²) in [6, 6.07) is 9.89. The van der Waals surface area contributed by atoms with E-state index in [4.69, 9.17) is 9.90 Å². The van der Waals surface area contributed by atoms with Gasteiger partial charge in [0.15, 0.2) is 0 Å². The molecule has 4 heteroatoms. The lowest BCUT2D eigenvalue weighted by molar-refractivity contribution is -0.134. The summed E-state index contributed by atoms with van der Waals surface area (Å²) in [6.45, 7) is 6.77. The highest BCUT2D eigenvalue weighted by Gasteiger charge is 2.05. The Morgan fingerprint density at radius 1 is 1.35 bits per heavy atom. The van der Waals surface area contributed by atoms with Crippen LogP contribution in [0.1, 0.15) is 20.3 Å². The van der Waals surface area contributed by atoms with E-state index in [9.17, 15) is 5.11 Å². The summed E-state index contributed by atoms with van der Waals surface area (Å²) in [5.74, 6) is -0.833. The molecule has 2 N–H and O–H groups in total. The molecule has 0 amide bonds. The van der Waals surface area contributed by atoms with Crippen LogP contribution in [0.2, 0.25) is 0 Å². The molecule has 0 aliphatic heterocycles. The first kappa shape index (κ1) is 15.7. The SMILES string of the molecule is C=C(C)CC(O)Sc1ccccc1.CC(=O)O. The van der Waals surface area contributed by atoms with Crippen molar-refractivity contribution in [2.45, 2.75) is 30.6 Å². The van der Waals surface area contributed by atoms with E-state index in [1.807, 2.05) is 37.3 Å². The molecule has 1 aromatic rings. The third-order valence-corrected chi connectivity index (χ3v) is 2.52. The van der Waals surface area contributed by atoms with E-state index < -0.39 is 5.97 Å². The highest BCUT2D eigenvalue weighted by molar-refractivity contribution is 7.99. The zero-order valence-corrected chi connectivity index (χ0v) is 10.9. The summed E-state index contributed by atoms with van der Waals surface area (Å²) in [4.78, 5) is 10.1. The fourth-order valence-electron chi connectivity index (χ4n) is 0.996. The molecule has 1 atom stereocenters. The van der Waals surface area contributed by atoms with Crippen molar-refractivity contribution < 1.29 is 15.0 Å². The second kappa shape index (κ2) is 8.84. The van der Waals surface area contributed by atoms with E-state index in [0.29, 0.717) is 6.42 Å². The van der Waals surface area contributed by atoms with Crippen LogP contribution in [0.15, 0.2) is 47.4 Å². The van der Waals surface area contributed by atoms with Crippen LogP contribution in [-0.4, -0.2) is 21.6 Å². The minimum atomic E-state index is -0.833. The molecule has 0 aliphatic carbocycles. The van der Waals surface area contributed by atoms with Gasteiger partial charge in [-0.1, -0.05) is 35.5 Å². The zero-order chi connectivity index (χ0) is 13.3. The smallest absolute Gasteiger partial charge is 0.300 e. The lowest BCUT2D eigenvalue weighted by Crippen LogP contribution is -2.00. The van der Waals surface area contributed by atoms with Crippen molar-refractivity contribution in [3.05, 3.63) is 42.5 Å². The van der Waals surface area contributed by atoms with Gasteiger partial charge in [0, 0.05) is 18.2 Å². The standard InChI is InChI=1S/C11H14OS.C2H4O2/c1-9(2)8-11(12)13-10-6-4-3-5-7-10;1-2(3)4/h3-7,11-12H,1,8H2,2H3;1H3,(H,3,4). The normalized spacial score (nSPS) is 11.0. The number of aliphatic carboxylic acids is 1. The second-order valence-electron chi connectivity index (χ2n) is 3.57. The van der Waals surface area contributed by atoms with Crippen LogP contribution in [0.3, 0.4) is 0 Å². The van der Waals surface area contributed by atoms with Gasteiger partial charge in [-0.2, -0.15) is 0 Å². The molecule has 0 saturated heterocycles. The van der Waals surface area contributed by atoms with Gasteiger partial charge in [-0.3, -0.25) is 4.79 Å². The molecule has 0 heterocycles. The van der Waals surface area contributed by atoms with E-state index in [-0.39, 0.29) is 5.44 Å². The van der Waals surface area contributed by atoms with E-state index in [2.05, 4.69) is 6.58 Å². The Morgan fingerprint density at radius 3 is 2.24 bits per heavy atom. The molecule has 3 nitrogen and oxygen atoms in total. The average Bonchev–Trinajstić information content (AvgIpc) is 2.16. The number of hydrogen-bond donors (Lipinski definition) is 2. The summed E-state index contributed by atoms with van der Waals surface area (Å²) in [6.07, 6.45) is 0.652. The summed E-state index contributed by atoms with van der Waals surface area (Å²) >= 11 is 1.47. The largest absolute Gasteiger partial charge is 0.481 e. The predicted molar refractivity (Wildman–Crippen MR) is 71.0 cm³/mol. The maximum absolute atomic E-state index is 9.58. The average molecular weight is 254 g/mol. The van der Waals surface area contributed by atoms with Crippen LogP contribution >= 0.6 is 11.8 Å². The van der Waals surface area contributed by atoms with E-state index >= 15 is 0 Å². The molecule has 17 heavy (non-hydrogen) atoms. The molecular formula is C13H18O3S. The molecule has 0 radical (unpaired) electrons. The molecule has 0 fully saturated rings. The first-order valence-electron chi connectivity index (χ1n) is 5.15. The summed E-state index contributed by atoms with van der Waals surface area (Å²) in [5.41, 5.74) is 0.635. The number of aliphatic hydroxyl groups excluding tert-OH is 1. The van der Waals surface area contributed by atoms with Crippen LogP contribution in [0.4, 0.5) is 0 Å². The van der Waals surface area contributed by atoms with Gasteiger partial charge in [0.05, 0.1) is 0 Å². The number of carboxylic acid groups (broad SMARTS) is 1. The Kier molecular flexibility index (Phi) is 8.19.